The van der Waals surface area contributed by atoms with Crippen molar-refractivity contribution in [2.75, 3.05) is 11.9 Å². The summed E-state index contributed by atoms with van der Waals surface area (Å²) >= 11 is 1.76. The number of anilines is 1. The summed E-state index contributed by atoms with van der Waals surface area (Å²) in [6, 6.07) is 21.9. The van der Waals surface area contributed by atoms with Gasteiger partial charge in [-0.3, -0.25) is 9.59 Å². The predicted octanol–water partition coefficient (Wildman–Crippen LogP) is 5.59. The van der Waals surface area contributed by atoms with Gasteiger partial charge < -0.3 is 10.2 Å². The minimum atomic E-state index is -0.0890. The first-order chi connectivity index (χ1) is 15.6. The van der Waals surface area contributed by atoms with E-state index in [9.17, 15) is 9.59 Å². The zero-order valence-corrected chi connectivity index (χ0v) is 18.7. The molecule has 0 saturated heterocycles. The first-order valence-electron chi connectivity index (χ1n) is 10.8. The summed E-state index contributed by atoms with van der Waals surface area (Å²) in [7, 11) is 0. The fourth-order valence-corrected chi connectivity index (χ4v) is 5.21. The van der Waals surface area contributed by atoms with Crippen molar-refractivity contribution in [2.24, 2.45) is 0 Å². The Morgan fingerprint density at radius 3 is 2.72 bits per heavy atom. The molecule has 0 fully saturated rings. The number of amides is 2. The zero-order valence-electron chi connectivity index (χ0n) is 17.9. The lowest BCUT2D eigenvalue weighted by atomic mass is 10.0. The first kappa shape index (κ1) is 20.5. The van der Waals surface area contributed by atoms with Gasteiger partial charge in [0.1, 0.15) is 0 Å². The summed E-state index contributed by atoms with van der Waals surface area (Å²) in [6.07, 6.45) is 1.19. The summed E-state index contributed by atoms with van der Waals surface area (Å²) in [5.74, 6) is -0.0705. The third-order valence-corrected chi connectivity index (χ3v) is 7.13. The molecule has 1 aliphatic rings. The molecule has 5 heteroatoms. The molecule has 0 saturated carbocycles. The van der Waals surface area contributed by atoms with Gasteiger partial charge in [-0.05, 0) is 64.4 Å². The lowest BCUT2D eigenvalue weighted by Gasteiger charge is -2.28. The van der Waals surface area contributed by atoms with Gasteiger partial charge in [0.25, 0.3) is 5.91 Å². The molecule has 32 heavy (non-hydrogen) atoms. The van der Waals surface area contributed by atoms with Crippen LogP contribution in [-0.4, -0.2) is 23.3 Å². The van der Waals surface area contributed by atoms with Crippen LogP contribution >= 0.6 is 11.3 Å². The second kappa shape index (κ2) is 8.60. The van der Waals surface area contributed by atoms with Gasteiger partial charge in [-0.15, -0.1) is 11.3 Å². The normalized spacial score (nSPS) is 13.1. The molecule has 1 aliphatic heterocycles. The number of rotatable bonds is 4. The predicted molar refractivity (Wildman–Crippen MR) is 130 cm³/mol. The molecule has 1 N–H and O–H groups in total. The highest BCUT2D eigenvalue weighted by atomic mass is 32.1. The highest BCUT2D eigenvalue weighted by Crippen LogP contribution is 2.27. The largest absolute Gasteiger partial charge is 0.334 e. The zero-order chi connectivity index (χ0) is 22.1. The summed E-state index contributed by atoms with van der Waals surface area (Å²) in [5, 5.41) is 7.38. The van der Waals surface area contributed by atoms with Gasteiger partial charge in [-0.1, -0.05) is 48.5 Å². The van der Waals surface area contributed by atoms with Gasteiger partial charge in [0, 0.05) is 29.2 Å². The molecule has 0 unspecified atom stereocenters. The Kier molecular flexibility index (Phi) is 5.50. The third-order valence-electron chi connectivity index (χ3n) is 6.11. The van der Waals surface area contributed by atoms with Gasteiger partial charge in [-0.2, -0.15) is 0 Å². The maximum atomic E-state index is 13.2. The number of carbonyl (C=O) groups is 2. The van der Waals surface area contributed by atoms with E-state index in [0.717, 1.165) is 34.9 Å². The van der Waals surface area contributed by atoms with Crippen LogP contribution in [0.4, 0.5) is 5.69 Å². The van der Waals surface area contributed by atoms with E-state index >= 15 is 0 Å². The van der Waals surface area contributed by atoms with Gasteiger partial charge in [0.2, 0.25) is 5.91 Å². The van der Waals surface area contributed by atoms with Crippen LogP contribution in [-0.2, 0) is 24.2 Å². The number of thiophene rings is 1. The topological polar surface area (TPSA) is 49.4 Å². The van der Waals surface area contributed by atoms with Gasteiger partial charge in [0.15, 0.2) is 0 Å². The van der Waals surface area contributed by atoms with E-state index in [0.29, 0.717) is 17.8 Å². The third kappa shape index (κ3) is 4.04. The average Bonchev–Trinajstić information content (AvgIpc) is 3.28. The van der Waals surface area contributed by atoms with Crippen molar-refractivity contribution in [2.45, 2.75) is 26.3 Å². The van der Waals surface area contributed by atoms with E-state index in [-0.39, 0.29) is 18.2 Å². The van der Waals surface area contributed by atoms with E-state index in [4.69, 9.17) is 0 Å². The van der Waals surface area contributed by atoms with Crippen molar-refractivity contribution in [3.8, 4) is 0 Å². The SMILES string of the molecule is Cc1c(NC(=O)Cc2ccc3ccccc3c2)cccc1C(=O)N1CCc2sccc2C1. The van der Waals surface area contributed by atoms with Crippen LogP contribution in [0.15, 0.2) is 72.1 Å². The highest BCUT2D eigenvalue weighted by molar-refractivity contribution is 7.10. The molecule has 0 radical (unpaired) electrons. The second-order valence-electron chi connectivity index (χ2n) is 8.23. The summed E-state index contributed by atoms with van der Waals surface area (Å²) in [6.45, 7) is 3.28. The summed E-state index contributed by atoms with van der Waals surface area (Å²) in [5.41, 5.74) is 4.35. The Morgan fingerprint density at radius 2 is 1.84 bits per heavy atom. The molecular weight excluding hydrogens is 416 g/mol. The summed E-state index contributed by atoms with van der Waals surface area (Å²) in [4.78, 5) is 29.3. The van der Waals surface area contributed by atoms with Crippen molar-refractivity contribution < 1.29 is 9.59 Å². The van der Waals surface area contributed by atoms with Crippen molar-refractivity contribution in [1.82, 2.24) is 4.90 Å². The van der Waals surface area contributed by atoms with Crippen LogP contribution < -0.4 is 5.32 Å². The van der Waals surface area contributed by atoms with Gasteiger partial charge >= 0.3 is 0 Å². The van der Waals surface area contributed by atoms with Crippen LogP contribution in [0, 0.1) is 6.92 Å². The Balaban J connectivity index is 1.30. The molecule has 2 heterocycles. The lowest BCUT2D eigenvalue weighted by molar-refractivity contribution is -0.115. The molecule has 0 atom stereocenters. The molecule has 5 rings (SSSR count). The molecule has 1 aromatic heterocycles. The van der Waals surface area contributed by atoms with Crippen molar-refractivity contribution in [3.63, 3.8) is 0 Å². The maximum Gasteiger partial charge on any atom is 0.254 e. The fourth-order valence-electron chi connectivity index (χ4n) is 4.32. The fraction of sp³-hybridized carbons (Fsp3) is 0.185. The van der Waals surface area contributed by atoms with Gasteiger partial charge in [0.05, 0.1) is 6.42 Å². The Bertz CT molecular complexity index is 1320. The monoisotopic (exact) mass is 440 g/mol. The molecule has 0 bridgehead atoms. The number of hydrogen-bond donors (Lipinski definition) is 1. The van der Waals surface area contributed by atoms with E-state index in [2.05, 4.69) is 35.0 Å². The first-order valence-corrected chi connectivity index (χ1v) is 11.7. The lowest BCUT2D eigenvalue weighted by Crippen LogP contribution is -2.35. The number of nitrogens with one attached hydrogen (secondary N) is 1. The minimum absolute atomic E-state index is 0.0185. The second-order valence-corrected chi connectivity index (χ2v) is 9.23. The molecule has 4 aromatic rings. The van der Waals surface area contributed by atoms with Crippen LogP contribution in [0.3, 0.4) is 0 Å². The molecule has 3 aromatic carbocycles. The Morgan fingerprint density at radius 1 is 1.00 bits per heavy atom. The average molecular weight is 441 g/mol. The van der Waals surface area contributed by atoms with E-state index in [1.807, 2.05) is 54.3 Å². The number of hydrogen-bond acceptors (Lipinski definition) is 3. The number of carbonyl (C=O) groups excluding carboxylic acids is 2. The molecular formula is C27H24N2O2S. The van der Waals surface area contributed by atoms with Crippen molar-refractivity contribution in [3.05, 3.63) is 99.2 Å². The number of nitrogens with zero attached hydrogens (tertiary/aromatic N) is 1. The highest BCUT2D eigenvalue weighted by Gasteiger charge is 2.24. The Hall–Kier alpha value is -3.44. The smallest absolute Gasteiger partial charge is 0.254 e. The standard InChI is InChI=1S/C27H24N2O2S/c1-18-23(27(31)29-13-11-25-22(17-29)12-14-32-25)7-4-8-24(18)28-26(30)16-19-9-10-20-5-2-3-6-21(20)15-19/h2-10,12,14-15H,11,13,16-17H2,1H3,(H,28,30). The minimum Gasteiger partial charge on any atom is -0.334 e. The molecule has 4 nitrogen and oxygen atoms in total. The van der Waals surface area contributed by atoms with E-state index in [1.54, 1.807) is 11.3 Å². The van der Waals surface area contributed by atoms with Crippen molar-refractivity contribution >= 4 is 39.6 Å². The molecule has 0 spiro atoms. The van der Waals surface area contributed by atoms with E-state index < -0.39 is 0 Å². The summed E-state index contributed by atoms with van der Waals surface area (Å²) < 4.78 is 0. The number of fused-ring (bicyclic) bond motifs is 2. The Labute approximate surface area is 191 Å². The van der Waals surface area contributed by atoms with Crippen LogP contribution in [0.5, 0.6) is 0 Å². The number of benzene rings is 3. The van der Waals surface area contributed by atoms with Crippen molar-refractivity contribution in [1.29, 1.82) is 0 Å². The van der Waals surface area contributed by atoms with Gasteiger partial charge in [-0.25, -0.2) is 0 Å². The van der Waals surface area contributed by atoms with Crippen LogP contribution in [0.2, 0.25) is 0 Å². The molecule has 0 aliphatic carbocycles. The maximum absolute atomic E-state index is 13.2. The molecule has 2 amide bonds. The molecule has 160 valence electrons. The van der Waals surface area contributed by atoms with E-state index in [1.165, 1.54) is 10.4 Å². The van der Waals surface area contributed by atoms with Crippen LogP contribution in [0.1, 0.15) is 31.9 Å². The van der Waals surface area contributed by atoms with Crippen LogP contribution in [0.25, 0.3) is 10.8 Å². The quantitative estimate of drug-likeness (QED) is 0.450.